The molecule has 2 heteroatoms. The quantitative estimate of drug-likeness (QED) is 0.591. The van der Waals surface area contributed by atoms with Gasteiger partial charge >= 0.3 is 0 Å². The lowest BCUT2D eigenvalue weighted by Crippen LogP contribution is -2.15. The van der Waals surface area contributed by atoms with Gasteiger partial charge in [0.05, 0.1) is 6.20 Å². The number of allylic oxidation sites excluding steroid dienone is 2. The zero-order valence-electron chi connectivity index (χ0n) is 7.08. The van der Waals surface area contributed by atoms with Gasteiger partial charge in [0.15, 0.2) is 5.76 Å². The van der Waals surface area contributed by atoms with Crippen molar-refractivity contribution in [1.29, 1.82) is 0 Å². The Morgan fingerprint density at radius 1 is 1.75 bits per heavy atom. The van der Waals surface area contributed by atoms with E-state index in [-0.39, 0.29) is 5.41 Å². The van der Waals surface area contributed by atoms with Crippen molar-refractivity contribution in [3.8, 4) is 0 Å². The lowest BCUT2D eigenvalue weighted by Gasteiger charge is -2.23. The summed E-state index contributed by atoms with van der Waals surface area (Å²) in [4.78, 5) is 0. The molecule has 0 radical (unpaired) electrons. The summed E-state index contributed by atoms with van der Waals surface area (Å²) in [5.74, 6) is 0.884. The van der Waals surface area contributed by atoms with Crippen molar-refractivity contribution >= 4 is 6.08 Å². The number of nitrogens with zero attached hydrogens (tertiary/aromatic N) is 1. The molecule has 1 aromatic rings. The van der Waals surface area contributed by atoms with Crippen LogP contribution in [0.5, 0.6) is 0 Å². The topological polar surface area (TPSA) is 26.0 Å². The number of hydrogen-bond donors (Lipinski definition) is 0. The first-order valence-corrected chi connectivity index (χ1v) is 4.00. The SMILES string of the molecule is C=CC1(C)C=Cc2oncc2C1. The minimum Gasteiger partial charge on any atom is -0.357 e. The maximum absolute atomic E-state index is 5.02. The van der Waals surface area contributed by atoms with E-state index in [1.54, 1.807) is 6.20 Å². The third-order valence-electron chi connectivity index (χ3n) is 2.33. The maximum Gasteiger partial charge on any atom is 0.162 e. The first kappa shape index (κ1) is 7.35. The fraction of sp³-hybridized carbons (Fsp3) is 0.300. The summed E-state index contributed by atoms with van der Waals surface area (Å²) in [6, 6.07) is 0. The van der Waals surface area contributed by atoms with Crippen molar-refractivity contribution in [2.45, 2.75) is 13.3 Å². The molecule has 1 unspecified atom stereocenters. The Morgan fingerprint density at radius 3 is 3.33 bits per heavy atom. The van der Waals surface area contributed by atoms with E-state index in [2.05, 4.69) is 24.7 Å². The van der Waals surface area contributed by atoms with Crippen molar-refractivity contribution in [1.82, 2.24) is 5.16 Å². The van der Waals surface area contributed by atoms with Crippen molar-refractivity contribution < 1.29 is 4.52 Å². The third-order valence-corrected chi connectivity index (χ3v) is 2.33. The van der Waals surface area contributed by atoms with Crippen molar-refractivity contribution in [2.24, 2.45) is 5.41 Å². The first-order chi connectivity index (χ1) is 5.73. The van der Waals surface area contributed by atoms with Crippen LogP contribution < -0.4 is 0 Å². The molecule has 0 bridgehead atoms. The Balaban J connectivity index is 2.42. The predicted molar refractivity (Wildman–Crippen MR) is 47.5 cm³/mol. The summed E-state index contributed by atoms with van der Waals surface area (Å²) in [7, 11) is 0. The summed E-state index contributed by atoms with van der Waals surface area (Å²) in [6.07, 6.45) is 8.74. The smallest absolute Gasteiger partial charge is 0.162 e. The van der Waals surface area contributed by atoms with E-state index >= 15 is 0 Å². The minimum absolute atomic E-state index is 0.0680. The van der Waals surface area contributed by atoms with Crippen molar-refractivity contribution in [2.75, 3.05) is 0 Å². The van der Waals surface area contributed by atoms with Gasteiger partial charge in [-0.05, 0) is 12.5 Å². The molecule has 1 atom stereocenters. The Hall–Kier alpha value is -1.31. The van der Waals surface area contributed by atoms with E-state index in [9.17, 15) is 0 Å². The van der Waals surface area contributed by atoms with Gasteiger partial charge in [-0.3, -0.25) is 0 Å². The van der Waals surface area contributed by atoms with Gasteiger partial charge in [0.25, 0.3) is 0 Å². The summed E-state index contributed by atoms with van der Waals surface area (Å²) >= 11 is 0. The van der Waals surface area contributed by atoms with E-state index < -0.39 is 0 Å². The minimum atomic E-state index is 0.0680. The van der Waals surface area contributed by atoms with E-state index in [1.165, 1.54) is 5.56 Å². The fourth-order valence-corrected chi connectivity index (χ4v) is 1.41. The highest BCUT2D eigenvalue weighted by Crippen LogP contribution is 2.32. The molecule has 1 aliphatic carbocycles. The predicted octanol–water partition coefficient (Wildman–Crippen LogP) is 2.44. The van der Waals surface area contributed by atoms with Gasteiger partial charge in [0.2, 0.25) is 0 Å². The molecule has 0 aliphatic heterocycles. The molecule has 62 valence electrons. The second kappa shape index (κ2) is 2.34. The molecule has 0 spiro atoms. The van der Waals surface area contributed by atoms with Gasteiger partial charge in [0, 0.05) is 11.0 Å². The van der Waals surface area contributed by atoms with Crippen LogP contribution >= 0.6 is 0 Å². The van der Waals surface area contributed by atoms with Gasteiger partial charge < -0.3 is 4.52 Å². The van der Waals surface area contributed by atoms with E-state index in [0.717, 1.165) is 12.2 Å². The van der Waals surface area contributed by atoms with Crippen LogP contribution in [0.3, 0.4) is 0 Å². The van der Waals surface area contributed by atoms with Crippen LogP contribution in [0.2, 0.25) is 0 Å². The standard InChI is InChI=1S/C10H11NO/c1-3-10(2)5-4-9-8(6-10)7-11-12-9/h3-5,7H,1,6H2,2H3. The zero-order valence-corrected chi connectivity index (χ0v) is 7.08. The number of rotatable bonds is 1. The molecular weight excluding hydrogens is 150 g/mol. The van der Waals surface area contributed by atoms with Crippen LogP contribution in [-0.2, 0) is 6.42 Å². The Morgan fingerprint density at radius 2 is 2.58 bits per heavy atom. The average Bonchev–Trinajstić information content (AvgIpc) is 2.51. The van der Waals surface area contributed by atoms with Gasteiger partial charge in [-0.2, -0.15) is 0 Å². The number of fused-ring (bicyclic) bond motifs is 1. The lowest BCUT2D eigenvalue weighted by atomic mass is 9.80. The third kappa shape index (κ3) is 0.998. The lowest BCUT2D eigenvalue weighted by molar-refractivity contribution is 0.407. The molecule has 0 saturated heterocycles. The highest BCUT2D eigenvalue weighted by Gasteiger charge is 2.24. The molecular formula is C10H11NO. The van der Waals surface area contributed by atoms with Gasteiger partial charge in [-0.15, -0.1) is 6.58 Å². The molecule has 0 aromatic carbocycles. The largest absolute Gasteiger partial charge is 0.357 e. The Labute approximate surface area is 71.6 Å². The van der Waals surface area contributed by atoms with Gasteiger partial charge in [0.1, 0.15) is 0 Å². The highest BCUT2D eigenvalue weighted by molar-refractivity contribution is 5.52. The summed E-state index contributed by atoms with van der Waals surface area (Å²) in [5.41, 5.74) is 1.23. The number of aromatic nitrogens is 1. The Kier molecular flexibility index (Phi) is 1.43. The second-order valence-corrected chi connectivity index (χ2v) is 3.44. The van der Waals surface area contributed by atoms with Crippen LogP contribution in [0.4, 0.5) is 0 Å². The molecule has 12 heavy (non-hydrogen) atoms. The summed E-state index contributed by atoms with van der Waals surface area (Å²) < 4.78 is 5.02. The molecule has 0 N–H and O–H groups in total. The van der Waals surface area contributed by atoms with E-state index in [4.69, 9.17) is 4.52 Å². The molecule has 0 fully saturated rings. The van der Waals surface area contributed by atoms with Gasteiger partial charge in [-0.25, -0.2) is 0 Å². The molecule has 1 heterocycles. The molecule has 2 rings (SSSR count). The van der Waals surface area contributed by atoms with Crippen LogP contribution in [0.25, 0.3) is 6.08 Å². The molecule has 1 aromatic heterocycles. The number of hydrogen-bond acceptors (Lipinski definition) is 2. The van der Waals surface area contributed by atoms with Crippen LogP contribution in [-0.4, -0.2) is 5.16 Å². The maximum atomic E-state index is 5.02. The van der Waals surface area contributed by atoms with Gasteiger partial charge in [-0.1, -0.05) is 24.2 Å². The molecule has 0 amide bonds. The molecule has 0 saturated carbocycles. The van der Waals surface area contributed by atoms with Crippen LogP contribution in [0.15, 0.2) is 29.5 Å². The van der Waals surface area contributed by atoms with Crippen molar-refractivity contribution in [3.63, 3.8) is 0 Å². The normalized spacial score (nSPS) is 26.8. The van der Waals surface area contributed by atoms with E-state index in [0.29, 0.717) is 0 Å². The van der Waals surface area contributed by atoms with Crippen molar-refractivity contribution in [3.05, 3.63) is 36.3 Å². The monoisotopic (exact) mass is 161 g/mol. The average molecular weight is 161 g/mol. The summed E-state index contributed by atoms with van der Waals surface area (Å²) in [5, 5.41) is 3.74. The highest BCUT2D eigenvalue weighted by atomic mass is 16.5. The molecule has 1 aliphatic rings. The summed E-state index contributed by atoms with van der Waals surface area (Å²) in [6.45, 7) is 5.96. The first-order valence-electron chi connectivity index (χ1n) is 4.00. The van der Waals surface area contributed by atoms with E-state index in [1.807, 2.05) is 12.2 Å². The van der Waals surface area contributed by atoms with Crippen LogP contribution in [0.1, 0.15) is 18.2 Å². The van der Waals surface area contributed by atoms with Crippen LogP contribution in [0, 0.1) is 5.41 Å². The molecule has 2 nitrogen and oxygen atoms in total. The Bertz CT molecular complexity index is 337. The fourth-order valence-electron chi connectivity index (χ4n) is 1.41. The second-order valence-electron chi connectivity index (χ2n) is 3.44. The zero-order chi connectivity index (χ0) is 8.60.